The van der Waals surface area contributed by atoms with Crippen LogP contribution in [-0.2, 0) is 9.53 Å². The highest BCUT2D eigenvalue weighted by atomic mass is 16.5. The molecule has 4 nitrogen and oxygen atoms in total. The van der Waals surface area contributed by atoms with Crippen LogP contribution < -0.4 is 0 Å². The molecule has 0 unspecified atom stereocenters. The Kier molecular flexibility index (Phi) is 6.76. The molecule has 0 saturated heterocycles. The Morgan fingerprint density at radius 3 is 2.72 bits per heavy atom. The first-order chi connectivity index (χ1) is 8.72. The third-order valence-corrected chi connectivity index (χ3v) is 2.44. The monoisotopic (exact) mass is 249 g/mol. The number of ether oxygens (including phenoxy) is 1. The summed E-state index contributed by atoms with van der Waals surface area (Å²) in [6, 6.07) is 9.92. The van der Waals surface area contributed by atoms with Gasteiger partial charge in [-0.25, -0.2) is 0 Å². The van der Waals surface area contributed by atoms with Crippen LogP contribution in [0.15, 0.2) is 36.4 Å². The molecule has 1 aromatic rings. The summed E-state index contributed by atoms with van der Waals surface area (Å²) < 4.78 is 4.96. The standard InChI is InChI=1S/C14H19NO3/c1-18-11-10-15(12-14(16)17)9-5-8-13-6-3-2-4-7-13/h2-8H,9-12H2,1H3,(H,16,17)/b8-5+. The molecule has 1 rings (SSSR count). The van der Waals surface area contributed by atoms with Gasteiger partial charge in [-0.05, 0) is 5.56 Å². The van der Waals surface area contributed by atoms with Gasteiger partial charge in [0.15, 0.2) is 0 Å². The van der Waals surface area contributed by atoms with Crippen LogP contribution in [0.2, 0.25) is 0 Å². The topological polar surface area (TPSA) is 49.8 Å². The Morgan fingerprint density at radius 1 is 1.39 bits per heavy atom. The number of carbonyl (C=O) groups is 1. The number of hydrogen-bond donors (Lipinski definition) is 1. The number of aliphatic carboxylic acids is 1. The van der Waals surface area contributed by atoms with E-state index in [1.807, 2.05) is 47.4 Å². The molecule has 0 aromatic heterocycles. The zero-order valence-corrected chi connectivity index (χ0v) is 10.6. The Labute approximate surface area is 107 Å². The van der Waals surface area contributed by atoms with Gasteiger partial charge >= 0.3 is 5.97 Å². The predicted molar refractivity (Wildman–Crippen MR) is 71.4 cm³/mol. The summed E-state index contributed by atoms with van der Waals surface area (Å²) in [5.74, 6) is -0.820. The maximum atomic E-state index is 10.7. The molecule has 0 aliphatic rings. The second-order valence-electron chi connectivity index (χ2n) is 3.93. The Bertz CT molecular complexity index is 376. The summed E-state index contributed by atoms with van der Waals surface area (Å²) in [4.78, 5) is 12.5. The van der Waals surface area contributed by atoms with Crippen molar-refractivity contribution < 1.29 is 14.6 Å². The van der Waals surface area contributed by atoms with Gasteiger partial charge in [0, 0.05) is 20.2 Å². The molecule has 0 amide bonds. The predicted octanol–water partition coefficient (Wildman–Crippen LogP) is 1.73. The third-order valence-electron chi connectivity index (χ3n) is 2.44. The zero-order chi connectivity index (χ0) is 13.2. The van der Waals surface area contributed by atoms with E-state index < -0.39 is 5.97 Å². The number of rotatable bonds is 8. The van der Waals surface area contributed by atoms with Crippen molar-refractivity contribution in [1.82, 2.24) is 4.90 Å². The van der Waals surface area contributed by atoms with E-state index in [1.54, 1.807) is 7.11 Å². The van der Waals surface area contributed by atoms with E-state index in [4.69, 9.17) is 9.84 Å². The van der Waals surface area contributed by atoms with Gasteiger partial charge in [-0.1, -0.05) is 42.5 Å². The van der Waals surface area contributed by atoms with Crippen LogP contribution in [0.5, 0.6) is 0 Å². The molecule has 0 aliphatic carbocycles. The Morgan fingerprint density at radius 2 is 2.11 bits per heavy atom. The third kappa shape index (κ3) is 6.18. The maximum absolute atomic E-state index is 10.7. The average molecular weight is 249 g/mol. The van der Waals surface area contributed by atoms with Gasteiger partial charge in [-0.15, -0.1) is 0 Å². The van der Waals surface area contributed by atoms with E-state index in [1.165, 1.54) is 0 Å². The SMILES string of the molecule is COCCN(C/C=C/c1ccccc1)CC(=O)O. The fourth-order valence-electron chi connectivity index (χ4n) is 1.55. The van der Waals surface area contributed by atoms with Crippen LogP contribution in [0.25, 0.3) is 6.08 Å². The molecule has 0 heterocycles. The van der Waals surface area contributed by atoms with Gasteiger partial charge in [0.1, 0.15) is 0 Å². The lowest BCUT2D eigenvalue weighted by atomic mass is 10.2. The Hall–Kier alpha value is -1.65. The first-order valence-electron chi connectivity index (χ1n) is 5.87. The number of methoxy groups -OCH3 is 1. The lowest BCUT2D eigenvalue weighted by molar-refractivity contribution is -0.138. The van der Waals surface area contributed by atoms with Crippen molar-refractivity contribution in [3.63, 3.8) is 0 Å². The minimum absolute atomic E-state index is 0.0302. The fourth-order valence-corrected chi connectivity index (χ4v) is 1.55. The van der Waals surface area contributed by atoms with Crippen molar-refractivity contribution in [3.05, 3.63) is 42.0 Å². The molecule has 1 aromatic carbocycles. The number of nitrogens with zero attached hydrogens (tertiary/aromatic N) is 1. The molecule has 98 valence electrons. The van der Waals surface area contributed by atoms with E-state index in [2.05, 4.69) is 0 Å². The van der Waals surface area contributed by atoms with Crippen molar-refractivity contribution >= 4 is 12.0 Å². The van der Waals surface area contributed by atoms with Crippen molar-refractivity contribution in [1.29, 1.82) is 0 Å². The lowest BCUT2D eigenvalue weighted by Gasteiger charge is -2.17. The molecule has 0 fully saturated rings. The highest BCUT2D eigenvalue weighted by molar-refractivity contribution is 5.69. The molecule has 1 N–H and O–H groups in total. The van der Waals surface area contributed by atoms with Crippen LogP contribution in [0.3, 0.4) is 0 Å². The van der Waals surface area contributed by atoms with Crippen molar-refractivity contribution in [3.8, 4) is 0 Å². The van der Waals surface area contributed by atoms with Crippen LogP contribution in [0, 0.1) is 0 Å². The molecular formula is C14H19NO3. The van der Waals surface area contributed by atoms with Gasteiger partial charge in [-0.3, -0.25) is 9.69 Å². The largest absolute Gasteiger partial charge is 0.480 e. The summed E-state index contributed by atoms with van der Waals surface area (Å²) in [6.07, 6.45) is 3.95. The Balaban J connectivity index is 2.45. The lowest BCUT2D eigenvalue weighted by Crippen LogP contribution is -2.32. The van der Waals surface area contributed by atoms with Crippen LogP contribution in [0.1, 0.15) is 5.56 Å². The van der Waals surface area contributed by atoms with E-state index in [0.29, 0.717) is 19.7 Å². The van der Waals surface area contributed by atoms with Crippen LogP contribution in [-0.4, -0.2) is 49.3 Å². The molecule has 0 aliphatic heterocycles. The highest BCUT2D eigenvalue weighted by Gasteiger charge is 2.07. The fraction of sp³-hybridized carbons (Fsp3) is 0.357. The molecule has 0 radical (unpaired) electrons. The minimum Gasteiger partial charge on any atom is -0.480 e. The van der Waals surface area contributed by atoms with Gasteiger partial charge in [-0.2, -0.15) is 0 Å². The zero-order valence-electron chi connectivity index (χ0n) is 10.6. The normalized spacial score (nSPS) is 11.2. The molecule has 18 heavy (non-hydrogen) atoms. The summed E-state index contributed by atoms with van der Waals surface area (Å²) in [7, 11) is 1.61. The van der Waals surface area contributed by atoms with E-state index in [-0.39, 0.29) is 6.54 Å². The molecule has 0 atom stereocenters. The molecule has 0 spiro atoms. The number of carboxylic acid groups (broad SMARTS) is 1. The van der Waals surface area contributed by atoms with E-state index in [9.17, 15) is 4.79 Å². The van der Waals surface area contributed by atoms with Crippen LogP contribution >= 0.6 is 0 Å². The number of benzene rings is 1. The average Bonchev–Trinajstić information content (AvgIpc) is 2.36. The molecule has 0 saturated carbocycles. The minimum atomic E-state index is -0.820. The quantitative estimate of drug-likeness (QED) is 0.762. The summed E-state index contributed by atoms with van der Waals surface area (Å²) in [5, 5.41) is 8.79. The van der Waals surface area contributed by atoms with Crippen molar-refractivity contribution in [2.75, 3.05) is 33.4 Å². The molecular weight excluding hydrogens is 230 g/mol. The summed E-state index contributed by atoms with van der Waals surface area (Å²) in [5.41, 5.74) is 1.11. The summed E-state index contributed by atoms with van der Waals surface area (Å²) in [6.45, 7) is 1.78. The van der Waals surface area contributed by atoms with Crippen molar-refractivity contribution in [2.45, 2.75) is 0 Å². The molecule has 0 bridgehead atoms. The first kappa shape index (κ1) is 14.4. The van der Waals surface area contributed by atoms with Crippen LogP contribution in [0.4, 0.5) is 0 Å². The highest BCUT2D eigenvalue weighted by Crippen LogP contribution is 2.01. The second kappa shape index (κ2) is 8.44. The van der Waals surface area contributed by atoms with E-state index in [0.717, 1.165) is 5.56 Å². The number of carboxylic acids is 1. The molecule has 4 heteroatoms. The van der Waals surface area contributed by atoms with E-state index >= 15 is 0 Å². The van der Waals surface area contributed by atoms with Gasteiger partial charge in [0.05, 0.1) is 13.2 Å². The smallest absolute Gasteiger partial charge is 0.317 e. The first-order valence-corrected chi connectivity index (χ1v) is 5.87. The van der Waals surface area contributed by atoms with Gasteiger partial charge < -0.3 is 9.84 Å². The maximum Gasteiger partial charge on any atom is 0.317 e. The number of hydrogen-bond acceptors (Lipinski definition) is 3. The second-order valence-corrected chi connectivity index (χ2v) is 3.93. The van der Waals surface area contributed by atoms with Gasteiger partial charge in [0.2, 0.25) is 0 Å². The van der Waals surface area contributed by atoms with Crippen molar-refractivity contribution in [2.24, 2.45) is 0 Å². The summed E-state index contributed by atoms with van der Waals surface area (Å²) >= 11 is 0. The van der Waals surface area contributed by atoms with Gasteiger partial charge in [0.25, 0.3) is 0 Å².